The van der Waals surface area contributed by atoms with Gasteiger partial charge in [-0.25, -0.2) is 0 Å². The summed E-state index contributed by atoms with van der Waals surface area (Å²) < 4.78 is 17.3. The van der Waals surface area contributed by atoms with Crippen molar-refractivity contribution in [3.05, 3.63) is 58.1 Å². The summed E-state index contributed by atoms with van der Waals surface area (Å²) in [5.74, 6) is 1.87. The number of likely N-dealkylation sites (N-methyl/N-ethyl adjacent to an activating group) is 1. The van der Waals surface area contributed by atoms with Crippen LogP contribution in [0.2, 0.25) is 5.02 Å². The van der Waals surface area contributed by atoms with Crippen LogP contribution in [0.1, 0.15) is 41.6 Å². The van der Waals surface area contributed by atoms with E-state index in [1.54, 1.807) is 25.3 Å². The number of fused-ring (bicyclic) bond motifs is 1. The molecule has 0 aromatic heterocycles. The van der Waals surface area contributed by atoms with Gasteiger partial charge in [0.15, 0.2) is 17.3 Å². The fourth-order valence-electron chi connectivity index (χ4n) is 4.45. The van der Waals surface area contributed by atoms with Gasteiger partial charge in [-0.2, -0.15) is 0 Å². The molecular weight excluding hydrogens is 464 g/mol. The fourth-order valence-corrected chi connectivity index (χ4v) is 4.62. The number of hydrogen-bond donors (Lipinski definition) is 0. The highest BCUT2D eigenvalue weighted by Crippen LogP contribution is 2.32. The average Bonchev–Trinajstić information content (AvgIpc) is 2.87. The Labute approximate surface area is 213 Å². The maximum absolute atomic E-state index is 12.9. The van der Waals surface area contributed by atoms with Gasteiger partial charge in [0.1, 0.15) is 12.4 Å². The van der Waals surface area contributed by atoms with Crippen molar-refractivity contribution in [1.82, 2.24) is 9.80 Å². The summed E-state index contributed by atoms with van der Waals surface area (Å²) >= 11 is 6.06. The van der Waals surface area contributed by atoms with Crippen LogP contribution < -0.4 is 14.2 Å². The van der Waals surface area contributed by atoms with Crippen molar-refractivity contribution in [2.24, 2.45) is 0 Å². The predicted octanol–water partition coefficient (Wildman–Crippen LogP) is 5.19. The van der Waals surface area contributed by atoms with E-state index in [4.69, 9.17) is 25.8 Å². The summed E-state index contributed by atoms with van der Waals surface area (Å²) in [4.78, 5) is 17.8. The molecule has 2 aliphatic rings. The van der Waals surface area contributed by atoms with Crippen LogP contribution in [0, 0.1) is 0 Å². The maximum atomic E-state index is 12.9. The predicted molar refractivity (Wildman–Crippen MR) is 140 cm³/mol. The molecule has 0 atom stereocenters. The molecule has 0 saturated carbocycles. The van der Waals surface area contributed by atoms with Crippen molar-refractivity contribution in [1.29, 1.82) is 0 Å². The first-order chi connectivity index (χ1) is 17.0. The van der Waals surface area contributed by atoms with Crippen molar-refractivity contribution >= 4 is 23.5 Å². The fraction of sp³-hybridized carbons (Fsp3) is 0.464. The zero-order chi connectivity index (χ0) is 24.6. The lowest BCUT2D eigenvalue weighted by atomic mass is 9.98. The van der Waals surface area contributed by atoms with E-state index in [0.717, 1.165) is 24.2 Å². The second-order valence-corrected chi connectivity index (χ2v) is 9.68. The molecule has 2 heterocycles. The minimum absolute atomic E-state index is 0.0688. The molecule has 1 fully saturated rings. The highest BCUT2D eigenvalue weighted by Gasteiger charge is 2.23. The third-order valence-corrected chi connectivity index (χ3v) is 6.85. The van der Waals surface area contributed by atoms with Crippen LogP contribution in [0.3, 0.4) is 0 Å². The number of ketones is 1. The number of hydrogen-bond acceptors (Lipinski definition) is 6. The first-order valence-electron chi connectivity index (χ1n) is 12.4. The molecule has 7 heteroatoms. The van der Waals surface area contributed by atoms with Gasteiger partial charge in [0.2, 0.25) is 0 Å². The number of carbonyl (C=O) groups excluding carboxylic acids is 1. The van der Waals surface area contributed by atoms with E-state index >= 15 is 0 Å². The molecule has 6 nitrogen and oxygen atoms in total. The van der Waals surface area contributed by atoms with E-state index in [9.17, 15) is 4.79 Å². The van der Waals surface area contributed by atoms with Gasteiger partial charge in [0.05, 0.1) is 19.3 Å². The van der Waals surface area contributed by atoms with E-state index in [1.165, 1.54) is 45.6 Å². The molecule has 0 spiro atoms. The summed E-state index contributed by atoms with van der Waals surface area (Å²) in [6.45, 7) is 6.82. The molecule has 2 aliphatic heterocycles. The second-order valence-electron chi connectivity index (χ2n) is 9.25. The van der Waals surface area contributed by atoms with Gasteiger partial charge in [-0.3, -0.25) is 4.79 Å². The Morgan fingerprint density at radius 1 is 1.00 bits per heavy atom. The van der Waals surface area contributed by atoms with Crippen LogP contribution in [-0.2, 0) is 0 Å². The highest BCUT2D eigenvalue weighted by molar-refractivity contribution is 6.31. The number of Topliss-reactive ketones (excluding diaryl/α,β-unsaturated/α-hetero) is 1. The Kier molecular flexibility index (Phi) is 9.07. The molecule has 0 aliphatic carbocycles. The number of halogens is 1. The Morgan fingerprint density at radius 2 is 1.80 bits per heavy atom. The third-order valence-electron chi connectivity index (χ3n) is 6.61. The van der Waals surface area contributed by atoms with Crippen LogP contribution in [0.15, 0.2) is 42.0 Å². The lowest BCUT2D eigenvalue weighted by Crippen LogP contribution is -2.44. The third kappa shape index (κ3) is 7.00. The number of piperazine rings is 1. The van der Waals surface area contributed by atoms with Crippen molar-refractivity contribution < 1.29 is 19.0 Å². The molecule has 1 saturated heterocycles. The summed E-state index contributed by atoms with van der Waals surface area (Å²) in [6, 6.07) is 10.8. The van der Waals surface area contributed by atoms with E-state index in [2.05, 4.69) is 16.8 Å². The average molecular weight is 499 g/mol. The van der Waals surface area contributed by atoms with Crippen molar-refractivity contribution in [3.8, 4) is 17.2 Å². The number of unbranched alkanes of at least 4 members (excludes halogenated alkanes) is 3. The first kappa shape index (κ1) is 25.5. The highest BCUT2D eigenvalue weighted by atomic mass is 35.5. The van der Waals surface area contributed by atoms with Crippen LogP contribution in [-0.4, -0.2) is 75.7 Å². The van der Waals surface area contributed by atoms with E-state index in [-0.39, 0.29) is 12.4 Å². The minimum atomic E-state index is -0.0688. The monoisotopic (exact) mass is 498 g/mol. The molecule has 188 valence electrons. The zero-order valence-corrected chi connectivity index (χ0v) is 21.5. The van der Waals surface area contributed by atoms with Gasteiger partial charge in [-0.05, 0) is 68.4 Å². The van der Waals surface area contributed by atoms with Gasteiger partial charge >= 0.3 is 0 Å². The Bertz CT molecular complexity index is 1050. The number of carbonyl (C=O) groups is 1. The zero-order valence-electron chi connectivity index (χ0n) is 20.7. The Hall–Kier alpha value is -2.54. The quantitative estimate of drug-likeness (QED) is 0.332. The smallest absolute Gasteiger partial charge is 0.196 e. The van der Waals surface area contributed by atoms with Gasteiger partial charge in [-0.1, -0.05) is 30.5 Å². The van der Waals surface area contributed by atoms with Gasteiger partial charge < -0.3 is 24.0 Å². The van der Waals surface area contributed by atoms with Crippen LogP contribution >= 0.6 is 11.6 Å². The normalized spacial score (nSPS) is 17.8. The molecule has 4 rings (SSSR count). The number of benzene rings is 2. The summed E-state index contributed by atoms with van der Waals surface area (Å²) in [5, 5.41) is 0.514. The summed E-state index contributed by atoms with van der Waals surface area (Å²) in [5.41, 5.74) is 1.92. The number of rotatable bonds is 10. The van der Waals surface area contributed by atoms with Crippen LogP contribution in [0.25, 0.3) is 6.08 Å². The molecule has 2 aromatic rings. The second kappa shape index (κ2) is 12.4. The van der Waals surface area contributed by atoms with E-state index in [1.807, 2.05) is 24.3 Å². The van der Waals surface area contributed by atoms with E-state index < -0.39 is 0 Å². The van der Waals surface area contributed by atoms with Gasteiger partial charge in [-0.15, -0.1) is 0 Å². The first-order valence-corrected chi connectivity index (χ1v) is 12.8. The van der Waals surface area contributed by atoms with E-state index in [0.29, 0.717) is 34.3 Å². The molecule has 0 radical (unpaired) electrons. The minimum Gasteiger partial charge on any atom is -0.493 e. The SMILES string of the molecule is COc1cc(C=C2COc3ccc(Cl)cc3C2=O)ccc1OCCCCCCN1CCN(C)CC1. The molecular formula is C28H35ClN2O4. The summed E-state index contributed by atoms with van der Waals surface area (Å²) in [6.07, 6.45) is 6.48. The lowest BCUT2D eigenvalue weighted by Gasteiger charge is -2.32. The van der Waals surface area contributed by atoms with Crippen molar-refractivity contribution in [2.75, 3.05) is 60.1 Å². The molecule has 0 bridgehead atoms. The molecule has 0 amide bonds. The standard InChI is InChI=1S/C28H35ClN2O4/c1-30-12-14-31(15-13-30)11-5-3-4-6-16-34-26-9-7-21(18-27(26)33-2)17-22-20-35-25-10-8-23(29)19-24(25)28(22)32/h7-10,17-19H,3-6,11-16,20H2,1-2H3. The number of ether oxygens (including phenoxy) is 3. The van der Waals surface area contributed by atoms with Crippen molar-refractivity contribution in [2.45, 2.75) is 25.7 Å². The maximum Gasteiger partial charge on any atom is 0.196 e. The molecule has 2 aromatic carbocycles. The molecule has 0 N–H and O–H groups in total. The van der Waals surface area contributed by atoms with Gasteiger partial charge in [0, 0.05) is 36.8 Å². The topological polar surface area (TPSA) is 51.2 Å². The Morgan fingerprint density at radius 3 is 2.60 bits per heavy atom. The summed E-state index contributed by atoms with van der Waals surface area (Å²) in [7, 11) is 3.82. The lowest BCUT2D eigenvalue weighted by molar-refractivity contribution is 0.100. The van der Waals surface area contributed by atoms with Crippen LogP contribution in [0.4, 0.5) is 0 Å². The molecule has 35 heavy (non-hydrogen) atoms. The van der Waals surface area contributed by atoms with Crippen LogP contribution in [0.5, 0.6) is 17.2 Å². The van der Waals surface area contributed by atoms with Crippen molar-refractivity contribution in [3.63, 3.8) is 0 Å². The number of methoxy groups -OCH3 is 1. The molecule has 0 unspecified atom stereocenters. The number of nitrogens with zero attached hydrogens (tertiary/aromatic N) is 2. The largest absolute Gasteiger partial charge is 0.493 e. The Balaban J connectivity index is 1.24. The van der Waals surface area contributed by atoms with Gasteiger partial charge in [0.25, 0.3) is 0 Å².